The van der Waals surface area contributed by atoms with E-state index in [-0.39, 0.29) is 18.0 Å². The van der Waals surface area contributed by atoms with Gasteiger partial charge in [-0.1, -0.05) is 12.1 Å². The number of carboxylic acid groups (broad SMARTS) is 1. The number of benzene rings is 1. The Hall–Kier alpha value is -3.68. The minimum atomic E-state index is -0.977. The molecule has 2 heterocycles. The molecule has 0 saturated carbocycles. The predicted molar refractivity (Wildman–Crippen MR) is 114 cm³/mol. The Bertz CT molecular complexity index is 1110. The van der Waals surface area contributed by atoms with Crippen LogP contribution >= 0.6 is 0 Å². The molecule has 8 heteroatoms. The number of aryl methyl sites for hydroxylation is 2. The second-order valence-electron chi connectivity index (χ2n) is 7.47. The van der Waals surface area contributed by atoms with Gasteiger partial charge in [-0.15, -0.1) is 0 Å². The van der Waals surface area contributed by atoms with Crippen LogP contribution in [0.4, 0.5) is 0 Å². The first-order valence-electron chi connectivity index (χ1n) is 10.2. The van der Waals surface area contributed by atoms with Crippen LogP contribution in [0.3, 0.4) is 0 Å². The summed E-state index contributed by atoms with van der Waals surface area (Å²) in [5, 5.41) is 17.2. The quantitative estimate of drug-likeness (QED) is 0.543. The first-order valence-corrected chi connectivity index (χ1v) is 10.2. The zero-order chi connectivity index (χ0) is 21.8. The lowest BCUT2D eigenvalue weighted by atomic mass is 9.90. The number of ether oxygens (including phenoxy) is 1. The fraction of sp³-hybridized carbons (Fsp3) is 0.304. The van der Waals surface area contributed by atoms with Crippen molar-refractivity contribution in [3.8, 4) is 17.0 Å². The van der Waals surface area contributed by atoms with Gasteiger partial charge in [0.1, 0.15) is 11.4 Å². The van der Waals surface area contributed by atoms with E-state index in [9.17, 15) is 14.7 Å². The average Bonchev–Trinajstić information content (AvgIpc) is 3.16. The van der Waals surface area contributed by atoms with E-state index in [1.807, 2.05) is 36.5 Å². The monoisotopic (exact) mass is 420 g/mol. The van der Waals surface area contributed by atoms with E-state index in [0.717, 1.165) is 40.1 Å². The smallest absolute Gasteiger partial charge is 0.354 e. The number of carboxylic acids is 1. The van der Waals surface area contributed by atoms with Crippen molar-refractivity contribution in [2.24, 2.45) is 0 Å². The number of nitrogens with one attached hydrogen (secondary N) is 1. The Kier molecular flexibility index (Phi) is 5.97. The van der Waals surface area contributed by atoms with Crippen LogP contribution in [0.2, 0.25) is 0 Å². The van der Waals surface area contributed by atoms with E-state index in [1.54, 1.807) is 18.0 Å². The van der Waals surface area contributed by atoms with Gasteiger partial charge in [0, 0.05) is 36.6 Å². The van der Waals surface area contributed by atoms with E-state index in [0.29, 0.717) is 25.9 Å². The van der Waals surface area contributed by atoms with Crippen molar-refractivity contribution in [2.45, 2.75) is 32.2 Å². The number of amides is 1. The van der Waals surface area contributed by atoms with Gasteiger partial charge in [-0.3, -0.25) is 14.5 Å². The molecule has 1 aromatic carbocycles. The number of aromatic nitrogens is 3. The number of nitrogens with zero attached hydrogens (tertiary/aromatic N) is 3. The largest absolute Gasteiger partial charge is 0.497 e. The van der Waals surface area contributed by atoms with Crippen molar-refractivity contribution in [3.63, 3.8) is 0 Å². The van der Waals surface area contributed by atoms with Gasteiger partial charge in [0.25, 0.3) is 0 Å². The fourth-order valence-corrected chi connectivity index (χ4v) is 3.92. The highest BCUT2D eigenvalue weighted by Gasteiger charge is 2.27. The molecular formula is C23H24N4O4. The summed E-state index contributed by atoms with van der Waals surface area (Å²) in [5.41, 5.74) is 4.67. The van der Waals surface area contributed by atoms with Crippen molar-refractivity contribution in [2.75, 3.05) is 13.7 Å². The van der Waals surface area contributed by atoms with Crippen LogP contribution in [0.1, 0.15) is 33.6 Å². The zero-order valence-corrected chi connectivity index (χ0v) is 17.3. The molecule has 0 aliphatic heterocycles. The zero-order valence-electron chi connectivity index (χ0n) is 17.3. The summed E-state index contributed by atoms with van der Waals surface area (Å²) in [6.45, 7) is 0.858. The third-order valence-corrected chi connectivity index (χ3v) is 5.45. The van der Waals surface area contributed by atoms with E-state index < -0.39 is 5.97 Å². The van der Waals surface area contributed by atoms with Gasteiger partial charge in [0.2, 0.25) is 5.91 Å². The van der Waals surface area contributed by atoms with Crippen molar-refractivity contribution >= 4 is 11.9 Å². The molecule has 1 aliphatic carbocycles. The van der Waals surface area contributed by atoms with Crippen LogP contribution in [-0.4, -0.2) is 45.4 Å². The number of hydrogen-bond acceptors (Lipinski definition) is 5. The molecule has 2 aromatic heterocycles. The summed E-state index contributed by atoms with van der Waals surface area (Å²) in [6, 6.07) is 9.25. The number of aromatic carboxylic acids is 1. The minimum Gasteiger partial charge on any atom is -0.497 e. The number of methoxy groups -OCH3 is 1. The van der Waals surface area contributed by atoms with Crippen molar-refractivity contribution in [1.82, 2.24) is 20.1 Å². The topological polar surface area (TPSA) is 106 Å². The van der Waals surface area contributed by atoms with Gasteiger partial charge >= 0.3 is 5.97 Å². The molecule has 160 valence electrons. The summed E-state index contributed by atoms with van der Waals surface area (Å²) in [7, 11) is 1.60. The molecule has 1 aliphatic rings. The van der Waals surface area contributed by atoms with Crippen molar-refractivity contribution < 1.29 is 19.4 Å². The number of fused-ring (bicyclic) bond motifs is 3. The molecule has 0 radical (unpaired) electrons. The summed E-state index contributed by atoms with van der Waals surface area (Å²) in [6.07, 6.45) is 5.77. The molecule has 0 spiro atoms. The van der Waals surface area contributed by atoms with Crippen LogP contribution in [0.15, 0.2) is 42.7 Å². The summed E-state index contributed by atoms with van der Waals surface area (Å²) >= 11 is 0. The molecule has 0 fully saturated rings. The molecule has 0 bridgehead atoms. The highest BCUT2D eigenvalue weighted by atomic mass is 16.5. The number of hydrogen-bond donors (Lipinski definition) is 2. The lowest BCUT2D eigenvalue weighted by molar-refractivity contribution is -0.120. The normalized spacial score (nSPS) is 12.0. The first-order chi connectivity index (χ1) is 15.1. The highest BCUT2D eigenvalue weighted by Crippen LogP contribution is 2.34. The van der Waals surface area contributed by atoms with Gasteiger partial charge in [-0.05, 0) is 48.6 Å². The van der Waals surface area contributed by atoms with Crippen LogP contribution in [0.5, 0.6) is 5.75 Å². The number of pyridine rings is 1. The lowest BCUT2D eigenvalue weighted by Crippen LogP contribution is -2.27. The van der Waals surface area contributed by atoms with E-state index >= 15 is 0 Å². The highest BCUT2D eigenvalue weighted by molar-refractivity contribution is 5.90. The van der Waals surface area contributed by atoms with Gasteiger partial charge in [-0.25, -0.2) is 4.79 Å². The maximum absolute atomic E-state index is 12.2. The Labute approximate surface area is 179 Å². The Morgan fingerprint density at radius 3 is 2.74 bits per heavy atom. The van der Waals surface area contributed by atoms with E-state index in [1.165, 1.54) is 0 Å². The average molecular weight is 420 g/mol. The molecule has 0 atom stereocenters. The van der Waals surface area contributed by atoms with Crippen LogP contribution < -0.4 is 10.1 Å². The molecule has 2 N–H and O–H groups in total. The van der Waals surface area contributed by atoms with Gasteiger partial charge in [0.15, 0.2) is 0 Å². The Morgan fingerprint density at radius 2 is 2.00 bits per heavy atom. The second kappa shape index (κ2) is 8.99. The van der Waals surface area contributed by atoms with Gasteiger partial charge < -0.3 is 15.2 Å². The van der Waals surface area contributed by atoms with Crippen molar-refractivity contribution in [1.29, 1.82) is 0 Å². The Morgan fingerprint density at radius 1 is 1.19 bits per heavy atom. The number of rotatable bonds is 8. The van der Waals surface area contributed by atoms with Crippen molar-refractivity contribution in [3.05, 3.63) is 65.1 Å². The number of carbonyl (C=O) groups excluding carboxylic acids is 1. The maximum Gasteiger partial charge on any atom is 0.354 e. The molecule has 1 amide bonds. The van der Waals surface area contributed by atoms with Crippen LogP contribution in [0, 0.1) is 0 Å². The fourth-order valence-electron chi connectivity index (χ4n) is 3.92. The SMILES string of the molecule is COc1ccc(CC(=O)NCCCn2nc3c(c2C(=O)O)CCc2cnccc2-3)cc1. The molecule has 31 heavy (non-hydrogen) atoms. The molecular weight excluding hydrogens is 396 g/mol. The molecule has 8 nitrogen and oxygen atoms in total. The molecule has 0 saturated heterocycles. The molecule has 3 aromatic rings. The first kappa shape index (κ1) is 20.6. The van der Waals surface area contributed by atoms with E-state index in [4.69, 9.17) is 4.74 Å². The second-order valence-corrected chi connectivity index (χ2v) is 7.47. The molecule has 0 unspecified atom stereocenters. The predicted octanol–water partition coefficient (Wildman–Crippen LogP) is 2.50. The molecule has 4 rings (SSSR count). The summed E-state index contributed by atoms with van der Waals surface area (Å²) in [5.74, 6) is -0.307. The third-order valence-electron chi connectivity index (χ3n) is 5.45. The Balaban J connectivity index is 1.37. The lowest BCUT2D eigenvalue weighted by Gasteiger charge is -2.14. The number of carbonyl (C=O) groups is 2. The van der Waals surface area contributed by atoms with E-state index in [2.05, 4.69) is 15.4 Å². The standard InChI is InChI=1S/C23H24N4O4/c1-31-17-6-3-15(4-7-17)13-20(28)25-10-2-12-27-22(23(29)30)19-8-5-16-14-24-11-9-18(16)21(19)26-27/h3-4,6-7,9,11,14H,2,5,8,10,12-13H2,1H3,(H,25,28)(H,29,30). The summed E-state index contributed by atoms with van der Waals surface area (Å²) in [4.78, 5) is 28.2. The third kappa shape index (κ3) is 4.42. The van der Waals surface area contributed by atoms with Crippen LogP contribution in [0.25, 0.3) is 11.3 Å². The van der Waals surface area contributed by atoms with Gasteiger partial charge in [0.05, 0.1) is 19.2 Å². The minimum absolute atomic E-state index is 0.0789. The summed E-state index contributed by atoms with van der Waals surface area (Å²) < 4.78 is 6.67. The van der Waals surface area contributed by atoms with Crippen LogP contribution in [-0.2, 0) is 30.6 Å². The maximum atomic E-state index is 12.2. The van der Waals surface area contributed by atoms with Gasteiger partial charge in [-0.2, -0.15) is 5.10 Å².